The maximum atomic E-state index is 12.0. The second-order valence-corrected chi connectivity index (χ2v) is 4.72. The number of nitrogens with zero attached hydrogens (tertiary/aromatic N) is 1. The Kier molecular flexibility index (Phi) is 4.93. The summed E-state index contributed by atoms with van der Waals surface area (Å²) in [6.45, 7) is 6.17. The van der Waals surface area contributed by atoms with Crippen molar-refractivity contribution in [1.29, 1.82) is 0 Å². The van der Waals surface area contributed by atoms with Crippen molar-refractivity contribution in [1.82, 2.24) is 10.2 Å². The minimum atomic E-state index is -1.11. The van der Waals surface area contributed by atoms with Crippen LogP contribution in [-0.4, -0.2) is 46.0 Å². The van der Waals surface area contributed by atoms with Crippen LogP contribution in [0.15, 0.2) is 0 Å². The lowest BCUT2D eigenvalue weighted by Gasteiger charge is -2.36. The van der Waals surface area contributed by atoms with Gasteiger partial charge >= 0.3 is 12.0 Å². The van der Waals surface area contributed by atoms with Crippen LogP contribution in [0.4, 0.5) is 4.79 Å². The van der Waals surface area contributed by atoms with Crippen LogP contribution in [0.2, 0.25) is 0 Å². The van der Waals surface area contributed by atoms with E-state index < -0.39 is 36.0 Å². The number of carboxylic acids is 1. The van der Waals surface area contributed by atoms with Crippen LogP contribution in [0.25, 0.3) is 0 Å². The maximum absolute atomic E-state index is 12.0. The van der Waals surface area contributed by atoms with Gasteiger partial charge in [-0.1, -0.05) is 0 Å². The van der Waals surface area contributed by atoms with Gasteiger partial charge in [0.2, 0.25) is 5.91 Å². The molecule has 0 aliphatic carbocycles. The minimum absolute atomic E-state index is 0.423. The first-order valence-corrected chi connectivity index (χ1v) is 5.15. The first-order valence-electron chi connectivity index (χ1n) is 5.15. The predicted molar refractivity (Wildman–Crippen MR) is 61.3 cm³/mol. The first-order chi connectivity index (χ1) is 7.55. The number of aliphatic carboxylic acids is 1. The van der Waals surface area contributed by atoms with Crippen molar-refractivity contribution in [2.75, 3.05) is 6.54 Å². The molecule has 1 unspecified atom stereocenters. The molecule has 0 saturated heterocycles. The number of hydrogen-bond donors (Lipinski definition) is 3. The van der Waals surface area contributed by atoms with Gasteiger partial charge in [-0.05, 0) is 27.7 Å². The summed E-state index contributed by atoms with van der Waals surface area (Å²) in [5, 5.41) is 11.0. The molecule has 1 atom stereocenters. The van der Waals surface area contributed by atoms with Crippen LogP contribution in [0.1, 0.15) is 27.7 Å². The van der Waals surface area contributed by atoms with E-state index in [4.69, 9.17) is 10.8 Å². The molecule has 0 aromatic carbocycles. The molecule has 17 heavy (non-hydrogen) atoms. The molecule has 3 amide bonds. The van der Waals surface area contributed by atoms with Crippen molar-refractivity contribution in [3.05, 3.63) is 0 Å². The molecular formula is C10H19N3O4. The molecule has 7 heteroatoms. The standard InChI is InChI=1S/C10H19N3O4/c1-6(12-9(11)17)8(16)13(5-7(14)15)10(2,3)4/h6H,5H2,1-4H3,(H,14,15)(H3,11,12,17). The lowest BCUT2D eigenvalue weighted by atomic mass is 10.0. The number of urea groups is 1. The topological polar surface area (TPSA) is 113 Å². The Bertz CT molecular complexity index is 322. The number of carbonyl (C=O) groups excluding carboxylic acids is 2. The largest absolute Gasteiger partial charge is 0.480 e. The van der Waals surface area contributed by atoms with Crippen LogP contribution in [-0.2, 0) is 9.59 Å². The third-order valence-corrected chi connectivity index (χ3v) is 2.10. The molecule has 0 bridgehead atoms. The Morgan fingerprint density at radius 3 is 2.12 bits per heavy atom. The Balaban J connectivity index is 4.87. The van der Waals surface area contributed by atoms with Crippen LogP contribution < -0.4 is 11.1 Å². The predicted octanol–water partition coefficient (Wildman–Crippen LogP) is -0.245. The summed E-state index contributed by atoms with van der Waals surface area (Å²) in [6, 6.07) is -1.68. The van der Waals surface area contributed by atoms with Crippen molar-refractivity contribution in [2.45, 2.75) is 39.3 Å². The van der Waals surface area contributed by atoms with E-state index in [2.05, 4.69) is 5.32 Å². The number of amides is 3. The number of carboxylic acid groups (broad SMARTS) is 1. The molecule has 0 aromatic heterocycles. The molecule has 0 aliphatic rings. The summed E-state index contributed by atoms with van der Waals surface area (Å²) in [5.41, 5.74) is 4.25. The monoisotopic (exact) mass is 245 g/mol. The van der Waals surface area contributed by atoms with E-state index in [1.54, 1.807) is 20.8 Å². The molecule has 0 rings (SSSR count). The quantitative estimate of drug-likeness (QED) is 0.634. The summed E-state index contributed by atoms with van der Waals surface area (Å²) in [6.07, 6.45) is 0. The van der Waals surface area contributed by atoms with Gasteiger partial charge in [0.05, 0.1) is 0 Å². The second-order valence-electron chi connectivity index (χ2n) is 4.72. The van der Waals surface area contributed by atoms with E-state index in [0.717, 1.165) is 0 Å². The van der Waals surface area contributed by atoms with Crippen molar-refractivity contribution in [3.8, 4) is 0 Å². The Hall–Kier alpha value is -1.79. The number of hydrogen-bond acceptors (Lipinski definition) is 3. The van der Waals surface area contributed by atoms with Crippen molar-refractivity contribution < 1.29 is 19.5 Å². The Morgan fingerprint density at radius 1 is 1.35 bits per heavy atom. The zero-order valence-electron chi connectivity index (χ0n) is 10.5. The number of nitrogens with two attached hydrogens (primary N) is 1. The zero-order chi connectivity index (χ0) is 13.8. The lowest BCUT2D eigenvalue weighted by Crippen LogP contribution is -2.55. The lowest BCUT2D eigenvalue weighted by molar-refractivity contribution is -0.149. The van der Waals surface area contributed by atoms with E-state index in [1.807, 2.05) is 0 Å². The van der Waals surface area contributed by atoms with E-state index in [1.165, 1.54) is 11.8 Å². The fourth-order valence-corrected chi connectivity index (χ4v) is 1.29. The maximum Gasteiger partial charge on any atom is 0.323 e. The number of nitrogens with one attached hydrogen (secondary N) is 1. The minimum Gasteiger partial charge on any atom is -0.480 e. The molecule has 0 aromatic rings. The molecule has 0 aliphatic heterocycles. The fourth-order valence-electron chi connectivity index (χ4n) is 1.29. The van der Waals surface area contributed by atoms with Gasteiger partial charge in [0.15, 0.2) is 0 Å². The number of rotatable bonds is 4. The molecular weight excluding hydrogens is 226 g/mol. The van der Waals surface area contributed by atoms with Gasteiger partial charge < -0.3 is 21.1 Å². The Labute approximate surface area is 100.0 Å². The normalized spacial score (nSPS) is 12.7. The highest BCUT2D eigenvalue weighted by molar-refractivity contribution is 5.88. The van der Waals surface area contributed by atoms with Gasteiger partial charge in [-0.2, -0.15) is 0 Å². The third kappa shape index (κ3) is 5.19. The molecule has 0 radical (unpaired) electrons. The smallest absolute Gasteiger partial charge is 0.323 e. The van der Waals surface area contributed by atoms with E-state index in [-0.39, 0.29) is 0 Å². The van der Waals surface area contributed by atoms with E-state index in [0.29, 0.717) is 0 Å². The Morgan fingerprint density at radius 2 is 1.82 bits per heavy atom. The summed E-state index contributed by atoms with van der Waals surface area (Å²) >= 11 is 0. The molecule has 4 N–H and O–H groups in total. The molecule has 7 nitrogen and oxygen atoms in total. The second kappa shape index (κ2) is 5.51. The van der Waals surface area contributed by atoms with Crippen LogP contribution in [0.3, 0.4) is 0 Å². The van der Waals surface area contributed by atoms with Gasteiger partial charge in [-0.15, -0.1) is 0 Å². The molecule has 0 spiro atoms. The van der Waals surface area contributed by atoms with Crippen molar-refractivity contribution >= 4 is 17.9 Å². The molecule has 98 valence electrons. The van der Waals surface area contributed by atoms with E-state index >= 15 is 0 Å². The molecule has 0 saturated carbocycles. The van der Waals surface area contributed by atoms with Gasteiger partial charge in [0.25, 0.3) is 0 Å². The highest BCUT2D eigenvalue weighted by Gasteiger charge is 2.31. The van der Waals surface area contributed by atoms with Gasteiger partial charge in [0.1, 0.15) is 12.6 Å². The summed E-state index contributed by atoms with van der Waals surface area (Å²) in [4.78, 5) is 34.5. The highest BCUT2D eigenvalue weighted by atomic mass is 16.4. The highest BCUT2D eigenvalue weighted by Crippen LogP contribution is 2.14. The average Bonchev–Trinajstić information content (AvgIpc) is 2.09. The van der Waals surface area contributed by atoms with Crippen LogP contribution in [0, 0.1) is 0 Å². The summed E-state index contributed by atoms with van der Waals surface area (Å²) < 4.78 is 0. The molecule has 0 fully saturated rings. The van der Waals surface area contributed by atoms with Crippen LogP contribution >= 0.6 is 0 Å². The molecule has 0 heterocycles. The first kappa shape index (κ1) is 15.2. The SMILES string of the molecule is CC(NC(N)=O)C(=O)N(CC(=O)O)C(C)(C)C. The van der Waals surface area contributed by atoms with Gasteiger partial charge in [-0.3, -0.25) is 9.59 Å². The van der Waals surface area contributed by atoms with Crippen molar-refractivity contribution in [2.24, 2.45) is 5.73 Å². The summed E-state index contributed by atoms with van der Waals surface area (Å²) in [7, 11) is 0. The zero-order valence-corrected chi connectivity index (χ0v) is 10.5. The number of carbonyl (C=O) groups is 3. The van der Waals surface area contributed by atoms with Crippen LogP contribution in [0.5, 0.6) is 0 Å². The number of primary amides is 1. The fraction of sp³-hybridized carbons (Fsp3) is 0.700. The average molecular weight is 245 g/mol. The van der Waals surface area contributed by atoms with Gasteiger partial charge in [0, 0.05) is 5.54 Å². The van der Waals surface area contributed by atoms with E-state index in [9.17, 15) is 14.4 Å². The third-order valence-electron chi connectivity index (χ3n) is 2.10. The van der Waals surface area contributed by atoms with Crippen molar-refractivity contribution in [3.63, 3.8) is 0 Å². The summed E-state index contributed by atoms with van der Waals surface area (Å²) in [5.74, 6) is -1.60. The van der Waals surface area contributed by atoms with Gasteiger partial charge in [-0.25, -0.2) is 4.79 Å².